The minimum absolute atomic E-state index is 0.0671. The molecule has 0 radical (unpaired) electrons. The van der Waals surface area contributed by atoms with Crippen molar-refractivity contribution in [3.8, 4) is 11.1 Å². The Hall–Kier alpha value is -2.67. The first-order valence-corrected chi connectivity index (χ1v) is 13.2. The Morgan fingerprint density at radius 3 is 2.31 bits per heavy atom. The molecule has 1 unspecified atom stereocenters. The fourth-order valence-electron chi connectivity index (χ4n) is 3.65. The van der Waals surface area contributed by atoms with E-state index >= 15 is 0 Å². The van der Waals surface area contributed by atoms with Crippen LogP contribution in [0.2, 0.25) is 0 Å². The van der Waals surface area contributed by atoms with Crippen LogP contribution in [0.4, 0.5) is 13.2 Å². The van der Waals surface area contributed by atoms with Gasteiger partial charge >= 0.3 is 6.18 Å². The molecule has 0 saturated carbocycles. The standard InChI is InChI=1S/C23H22F3N3O4S2/c24-23(25,26)20(30)12-27-35(32,33)17-10-8-16(9-11-17)15-6-4-14(5-7-15)13-34-22-28-19-3-1-2-18(19)21(31)29-22/h4-11,20,27,30H,1-3,12-13H2,(H,28,29,31). The molecule has 3 N–H and O–H groups in total. The van der Waals surface area contributed by atoms with E-state index in [1.807, 2.05) is 24.3 Å². The second-order valence-corrected chi connectivity index (χ2v) is 10.8. The van der Waals surface area contributed by atoms with Crippen LogP contribution in [-0.4, -0.2) is 42.3 Å². The number of alkyl halides is 3. The Bertz CT molecular complexity index is 1360. The summed E-state index contributed by atoms with van der Waals surface area (Å²) in [6, 6.07) is 13.3. The van der Waals surface area contributed by atoms with Crippen LogP contribution in [0.3, 0.4) is 0 Å². The Kier molecular flexibility index (Phi) is 7.36. The number of thioether (sulfide) groups is 1. The molecule has 0 bridgehead atoms. The number of aryl methyl sites for hydroxylation is 1. The van der Waals surface area contributed by atoms with Crippen molar-refractivity contribution < 1.29 is 26.7 Å². The quantitative estimate of drug-likeness (QED) is 0.307. The van der Waals surface area contributed by atoms with Crippen molar-refractivity contribution in [1.29, 1.82) is 0 Å². The highest BCUT2D eigenvalue weighted by Gasteiger charge is 2.38. The van der Waals surface area contributed by atoms with Crippen LogP contribution in [0.1, 0.15) is 23.2 Å². The molecule has 1 aliphatic rings. The maximum atomic E-state index is 12.4. The van der Waals surface area contributed by atoms with E-state index in [1.54, 1.807) is 16.9 Å². The Morgan fingerprint density at radius 1 is 1.06 bits per heavy atom. The highest BCUT2D eigenvalue weighted by atomic mass is 32.2. The number of aliphatic hydroxyl groups is 1. The number of halogens is 3. The lowest BCUT2D eigenvalue weighted by Crippen LogP contribution is -2.40. The molecule has 12 heteroatoms. The summed E-state index contributed by atoms with van der Waals surface area (Å²) in [7, 11) is -4.21. The van der Waals surface area contributed by atoms with Crippen LogP contribution in [0.5, 0.6) is 0 Å². The number of sulfonamides is 1. The van der Waals surface area contributed by atoms with Gasteiger partial charge in [-0.25, -0.2) is 18.1 Å². The molecule has 3 aromatic rings. The predicted octanol–water partition coefficient (Wildman–Crippen LogP) is 3.42. The van der Waals surface area contributed by atoms with Gasteiger partial charge in [0.05, 0.1) is 10.6 Å². The summed E-state index contributed by atoms with van der Waals surface area (Å²) in [5.41, 5.74) is 4.15. The third-order valence-electron chi connectivity index (χ3n) is 5.59. The molecule has 35 heavy (non-hydrogen) atoms. The van der Waals surface area contributed by atoms with Gasteiger partial charge in [0.1, 0.15) is 0 Å². The summed E-state index contributed by atoms with van der Waals surface area (Å²) in [6.45, 7) is -1.16. The van der Waals surface area contributed by atoms with Gasteiger partial charge in [-0.3, -0.25) is 4.79 Å². The highest BCUT2D eigenvalue weighted by molar-refractivity contribution is 7.98. The summed E-state index contributed by atoms with van der Waals surface area (Å²) in [4.78, 5) is 19.3. The minimum Gasteiger partial charge on any atom is -0.382 e. The summed E-state index contributed by atoms with van der Waals surface area (Å²) in [6.07, 6.45) is -5.15. The van der Waals surface area contributed by atoms with Gasteiger partial charge in [0, 0.05) is 17.9 Å². The average Bonchev–Trinajstić information content (AvgIpc) is 3.30. The first kappa shape index (κ1) is 25.4. The van der Waals surface area contributed by atoms with Crippen molar-refractivity contribution in [2.45, 2.75) is 47.3 Å². The number of rotatable bonds is 8. The van der Waals surface area contributed by atoms with Crippen LogP contribution in [0, 0.1) is 0 Å². The van der Waals surface area contributed by atoms with Crippen molar-refractivity contribution in [1.82, 2.24) is 14.7 Å². The second kappa shape index (κ2) is 10.1. The molecule has 0 amide bonds. The molecule has 7 nitrogen and oxygen atoms in total. The van der Waals surface area contributed by atoms with Crippen LogP contribution in [-0.2, 0) is 28.6 Å². The molecule has 0 saturated heterocycles. The molecule has 1 atom stereocenters. The van der Waals surface area contributed by atoms with E-state index in [-0.39, 0.29) is 10.5 Å². The van der Waals surface area contributed by atoms with E-state index < -0.39 is 28.8 Å². The molecule has 0 aliphatic heterocycles. The van der Waals surface area contributed by atoms with Crippen LogP contribution >= 0.6 is 11.8 Å². The van der Waals surface area contributed by atoms with Gasteiger partial charge in [-0.05, 0) is 48.1 Å². The number of nitrogens with zero attached hydrogens (tertiary/aromatic N) is 1. The Labute approximate surface area is 203 Å². The topological polar surface area (TPSA) is 112 Å². The van der Waals surface area contributed by atoms with Gasteiger partial charge in [0.25, 0.3) is 5.56 Å². The maximum Gasteiger partial charge on any atom is 0.415 e. The zero-order chi connectivity index (χ0) is 25.2. The summed E-state index contributed by atoms with van der Waals surface area (Å²) >= 11 is 1.44. The molecular formula is C23H22F3N3O4S2. The monoisotopic (exact) mass is 525 g/mol. The lowest BCUT2D eigenvalue weighted by atomic mass is 10.0. The number of aromatic amines is 1. The molecule has 1 heterocycles. The molecule has 1 aromatic heterocycles. The van der Waals surface area contributed by atoms with E-state index in [4.69, 9.17) is 5.11 Å². The van der Waals surface area contributed by atoms with Crippen molar-refractivity contribution in [3.05, 3.63) is 75.7 Å². The van der Waals surface area contributed by atoms with Gasteiger partial charge in [-0.15, -0.1) is 0 Å². The lowest BCUT2D eigenvalue weighted by Gasteiger charge is -2.15. The van der Waals surface area contributed by atoms with E-state index in [0.29, 0.717) is 10.9 Å². The normalized spacial score (nSPS) is 14.6. The van der Waals surface area contributed by atoms with Crippen molar-refractivity contribution >= 4 is 21.8 Å². The number of hydrogen-bond donors (Lipinski definition) is 3. The minimum atomic E-state index is -4.91. The number of aromatic nitrogens is 2. The summed E-state index contributed by atoms with van der Waals surface area (Å²) in [5, 5.41) is 9.58. The molecule has 2 aromatic carbocycles. The third kappa shape index (κ3) is 6.13. The second-order valence-electron chi connectivity index (χ2n) is 8.07. The van der Waals surface area contributed by atoms with Crippen LogP contribution < -0.4 is 10.3 Å². The highest BCUT2D eigenvalue weighted by Crippen LogP contribution is 2.26. The Balaban J connectivity index is 1.38. The van der Waals surface area contributed by atoms with E-state index in [2.05, 4.69) is 9.97 Å². The molecule has 0 spiro atoms. The predicted molar refractivity (Wildman–Crippen MR) is 126 cm³/mol. The summed E-state index contributed by atoms with van der Waals surface area (Å²) < 4.78 is 63.4. The fraction of sp³-hybridized carbons (Fsp3) is 0.304. The number of nitrogens with one attached hydrogen (secondary N) is 2. The Morgan fingerprint density at radius 2 is 1.69 bits per heavy atom. The first-order valence-electron chi connectivity index (χ1n) is 10.7. The van der Waals surface area contributed by atoms with Gasteiger partial charge in [-0.2, -0.15) is 13.2 Å². The summed E-state index contributed by atoms with van der Waals surface area (Å²) in [5.74, 6) is 0.606. The van der Waals surface area contributed by atoms with E-state index in [0.717, 1.165) is 47.2 Å². The van der Waals surface area contributed by atoms with Gasteiger partial charge in [-0.1, -0.05) is 48.2 Å². The lowest BCUT2D eigenvalue weighted by molar-refractivity contribution is -0.200. The van der Waals surface area contributed by atoms with Gasteiger partial charge in [0.15, 0.2) is 11.3 Å². The number of hydrogen-bond acceptors (Lipinski definition) is 6. The average molecular weight is 526 g/mol. The molecule has 186 valence electrons. The van der Waals surface area contributed by atoms with Crippen molar-refractivity contribution in [2.24, 2.45) is 0 Å². The zero-order valence-corrected chi connectivity index (χ0v) is 19.9. The van der Waals surface area contributed by atoms with Gasteiger partial charge in [0.2, 0.25) is 10.0 Å². The van der Waals surface area contributed by atoms with E-state index in [1.165, 1.54) is 23.9 Å². The number of aliphatic hydroxyl groups excluding tert-OH is 1. The van der Waals surface area contributed by atoms with Crippen molar-refractivity contribution in [2.75, 3.05) is 6.54 Å². The smallest absolute Gasteiger partial charge is 0.382 e. The number of H-pyrrole nitrogens is 1. The number of fused-ring (bicyclic) bond motifs is 1. The zero-order valence-electron chi connectivity index (χ0n) is 18.3. The first-order chi connectivity index (χ1) is 16.5. The molecule has 1 aliphatic carbocycles. The molecule has 0 fully saturated rings. The van der Waals surface area contributed by atoms with Crippen molar-refractivity contribution in [3.63, 3.8) is 0 Å². The molecular weight excluding hydrogens is 503 g/mol. The third-order valence-corrected chi connectivity index (χ3v) is 7.98. The van der Waals surface area contributed by atoms with E-state index in [9.17, 15) is 26.4 Å². The maximum absolute atomic E-state index is 12.4. The van der Waals surface area contributed by atoms with Crippen LogP contribution in [0.25, 0.3) is 11.1 Å². The largest absolute Gasteiger partial charge is 0.415 e. The van der Waals surface area contributed by atoms with Gasteiger partial charge < -0.3 is 10.1 Å². The SMILES string of the molecule is O=c1[nH]c(SCc2ccc(-c3ccc(S(=O)(=O)NCC(O)C(F)(F)F)cc3)cc2)nc2c1CCC2. The van der Waals surface area contributed by atoms with Crippen LogP contribution in [0.15, 0.2) is 63.4 Å². The molecule has 4 rings (SSSR count). The fourth-order valence-corrected chi connectivity index (χ4v) is 5.52. The number of benzene rings is 2.